The van der Waals surface area contributed by atoms with E-state index in [1.807, 2.05) is 6.92 Å². The van der Waals surface area contributed by atoms with Crippen molar-refractivity contribution < 1.29 is 4.79 Å². The molecule has 0 aromatic heterocycles. The predicted molar refractivity (Wildman–Crippen MR) is 53.2 cm³/mol. The molecule has 0 atom stereocenters. The third-order valence-corrected chi connectivity index (χ3v) is 1.36. The number of nitrogens with zero attached hydrogens (tertiary/aromatic N) is 2. The lowest BCUT2D eigenvalue weighted by atomic mass is 10.3. The molecule has 0 fully saturated rings. The molecule has 0 aromatic rings. The van der Waals surface area contributed by atoms with E-state index < -0.39 is 6.03 Å². The van der Waals surface area contributed by atoms with Crippen LogP contribution < -0.4 is 5.73 Å². The molecule has 0 bridgehead atoms. The van der Waals surface area contributed by atoms with Crippen LogP contribution in [0, 0.1) is 11.3 Å². The monoisotopic (exact) mass is 203 g/mol. The number of rotatable bonds is 4. The first-order valence-electron chi connectivity index (χ1n) is 3.84. The quantitative estimate of drug-likeness (QED) is 0.706. The summed E-state index contributed by atoms with van der Waals surface area (Å²) < 4.78 is 0. The van der Waals surface area contributed by atoms with Crippen LogP contribution in [0.15, 0.2) is 12.3 Å². The summed E-state index contributed by atoms with van der Waals surface area (Å²) in [7, 11) is 0. The Kier molecular flexibility index (Phi) is 9.79. The molecule has 0 saturated carbocycles. The molecule has 2 amide bonds. The maximum Gasteiger partial charge on any atom is 0.318 e. The van der Waals surface area contributed by atoms with Crippen molar-refractivity contribution in [2.75, 3.05) is 6.54 Å². The third kappa shape index (κ3) is 7.16. The van der Waals surface area contributed by atoms with E-state index in [1.54, 1.807) is 6.07 Å². The minimum Gasteiger partial charge on any atom is -0.351 e. The topological polar surface area (TPSA) is 70.1 Å². The van der Waals surface area contributed by atoms with E-state index in [0.29, 0.717) is 6.54 Å². The van der Waals surface area contributed by atoms with E-state index in [-0.39, 0.29) is 12.4 Å². The van der Waals surface area contributed by atoms with Crippen molar-refractivity contribution in [3.63, 3.8) is 0 Å². The molecule has 0 aliphatic rings. The largest absolute Gasteiger partial charge is 0.351 e. The normalized spacial score (nSPS) is 8.92. The number of carbonyl (C=O) groups excluding carboxylic acids is 1. The number of hydrogen-bond acceptors (Lipinski definition) is 2. The summed E-state index contributed by atoms with van der Waals surface area (Å²) in [5, 5.41) is 8.21. The Morgan fingerprint density at radius 2 is 2.31 bits per heavy atom. The van der Waals surface area contributed by atoms with Crippen molar-refractivity contribution in [3.05, 3.63) is 12.3 Å². The first-order chi connectivity index (χ1) is 5.72. The van der Waals surface area contributed by atoms with E-state index in [0.717, 1.165) is 12.8 Å². The van der Waals surface area contributed by atoms with E-state index >= 15 is 0 Å². The number of urea groups is 1. The van der Waals surface area contributed by atoms with Gasteiger partial charge in [-0.3, -0.25) is 0 Å². The van der Waals surface area contributed by atoms with Gasteiger partial charge >= 0.3 is 6.03 Å². The number of allylic oxidation sites excluding steroid dienone is 1. The maximum absolute atomic E-state index is 10.7. The number of nitriles is 1. The van der Waals surface area contributed by atoms with Crippen molar-refractivity contribution in [1.29, 1.82) is 5.26 Å². The number of unbranched alkanes of at least 4 members (excludes halogenated alkanes) is 1. The number of carbonyl (C=O) groups is 1. The lowest BCUT2D eigenvalue weighted by molar-refractivity contribution is 0.224. The number of nitrogens with two attached hydrogens (primary N) is 1. The molecular weight excluding hydrogens is 190 g/mol. The van der Waals surface area contributed by atoms with Crippen LogP contribution in [0.25, 0.3) is 0 Å². The Bertz CT molecular complexity index is 210. The Morgan fingerprint density at radius 3 is 2.69 bits per heavy atom. The van der Waals surface area contributed by atoms with Gasteiger partial charge in [-0.25, -0.2) is 4.79 Å². The Labute approximate surface area is 84.4 Å². The molecule has 0 aromatic carbocycles. The molecule has 2 N–H and O–H groups in total. The second-order valence-corrected chi connectivity index (χ2v) is 2.33. The van der Waals surface area contributed by atoms with E-state index in [1.165, 1.54) is 17.2 Å². The molecule has 0 rings (SSSR count). The third-order valence-electron chi connectivity index (χ3n) is 1.36. The van der Waals surface area contributed by atoms with Crippen molar-refractivity contribution in [2.45, 2.75) is 19.8 Å². The van der Waals surface area contributed by atoms with Gasteiger partial charge in [-0.1, -0.05) is 13.3 Å². The zero-order chi connectivity index (χ0) is 9.40. The van der Waals surface area contributed by atoms with Crippen LogP contribution in [0.1, 0.15) is 19.8 Å². The van der Waals surface area contributed by atoms with Gasteiger partial charge in [0.15, 0.2) is 0 Å². The molecule has 0 radical (unpaired) electrons. The number of amides is 2. The van der Waals surface area contributed by atoms with Crippen LogP contribution in [0.2, 0.25) is 0 Å². The Balaban J connectivity index is 0. The molecular formula is C8H14ClN3O. The summed E-state index contributed by atoms with van der Waals surface area (Å²) in [6, 6.07) is 1.28. The summed E-state index contributed by atoms with van der Waals surface area (Å²) in [6.07, 6.45) is 4.52. The summed E-state index contributed by atoms with van der Waals surface area (Å²) in [5.41, 5.74) is 5.04. The maximum atomic E-state index is 10.7. The van der Waals surface area contributed by atoms with Crippen LogP contribution >= 0.6 is 12.4 Å². The van der Waals surface area contributed by atoms with Gasteiger partial charge in [-0.05, 0) is 6.42 Å². The Morgan fingerprint density at radius 1 is 1.69 bits per heavy atom. The van der Waals surface area contributed by atoms with Gasteiger partial charge in [0.05, 0.1) is 6.07 Å². The fraction of sp³-hybridized carbons (Fsp3) is 0.500. The first-order valence-corrected chi connectivity index (χ1v) is 3.84. The highest BCUT2D eigenvalue weighted by Crippen LogP contribution is 1.95. The lowest BCUT2D eigenvalue weighted by Crippen LogP contribution is -2.31. The van der Waals surface area contributed by atoms with Crippen molar-refractivity contribution >= 4 is 18.4 Å². The van der Waals surface area contributed by atoms with Crippen LogP contribution in [-0.4, -0.2) is 17.5 Å². The van der Waals surface area contributed by atoms with Gasteiger partial charge < -0.3 is 10.6 Å². The number of hydrogen-bond donors (Lipinski definition) is 1. The Hall–Kier alpha value is -1.21. The van der Waals surface area contributed by atoms with Crippen molar-refractivity contribution in [3.8, 4) is 6.07 Å². The average Bonchev–Trinajstić information content (AvgIpc) is 2.04. The molecule has 0 unspecified atom stereocenters. The van der Waals surface area contributed by atoms with Gasteiger partial charge in [0.25, 0.3) is 0 Å². The highest BCUT2D eigenvalue weighted by atomic mass is 35.5. The molecule has 0 aliphatic heterocycles. The second kappa shape index (κ2) is 8.88. The van der Waals surface area contributed by atoms with E-state index in [4.69, 9.17) is 11.0 Å². The van der Waals surface area contributed by atoms with Crippen molar-refractivity contribution in [1.82, 2.24) is 4.90 Å². The molecule has 13 heavy (non-hydrogen) atoms. The SMILES string of the molecule is CCCCN(C=CC#N)C(N)=O.Cl. The minimum atomic E-state index is -0.519. The van der Waals surface area contributed by atoms with Crippen LogP contribution in [0.4, 0.5) is 4.79 Å². The van der Waals surface area contributed by atoms with Crippen LogP contribution in [-0.2, 0) is 0 Å². The molecule has 0 aliphatic carbocycles. The molecule has 4 nitrogen and oxygen atoms in total. The van der Waals surface area contributed by atoms with Crippen LogP contribution in [0.5, 0.6) is 0 Å². The summed E-state index contributed by atoms with van der Waals surface area (Å²) in [6.45, 7) is 2.59. The van der Waals surface area contributed by atoms with Gasteiger partial charge in [0.2, 0.25) is 0 Å². The second-order valence-electron chi connectivity index (χ2n) is 2.33. The van der Waals surface area contributed by atoms with E-state index in [2.05, 4.69) is 0 Å². The molecule has 5 heteroatoms. The van der Waals surface area contributed by atoms with Gasteiger partial charge in [-0.15, -0.1) is 12.4 Å². The van der Waals surface area contributed by atoms with Crippen molar-refractivity contribution in [2.24, 2.45) is 5.73 Å². The smallest absolute Gasteiger partial charge is 0.318 e. The summed E-state index contributed by atoms with van der Waals surface area (Å²) in [5.74, 6) is 0. The predicted octanol–water partition coefficient (Wildman–Crippen LogP) is 1.63. The van der Waals surface area contributed by atoms with Gasteiger partial charge in [-0.2, -0.15) is 5.26 Å². The highest BCUT2D eigenvalue weighted by molar-refractivity contribution is 5.85. The standard InChI is InChI=1S/C8H13N3O.ClH/c1-2-3-6-11(8(10)12)7-4-5-9;/h4,7H,2-3,6H2,1H3,(H2,10,12);1H. The fourth-order valence-corrected chi connectivity index (χ4v) is 0.710. The molecule has 0 saturated heterocycles. The highest BCUT2D eigenvalue weighted by Gasteiger charge is 2.03. The lowest BCUT2D eigenvalue weighted by Gasteiger charge is -2.13. The first kappa shape index (κ1) is 14.3. The number of primary amides is 1. The summed E-state index contributed by atoms with van der Waals surface area (Å²) >= 11 is 0. The van der Waals surface area contributed by atoms with Crippen LogP contribution in [0.3, 0.4) is 0 Å². The minimum absolute atomic E-state index is 0. The van der Waals surface area contributed by atoms with Gasteiger partial charge in [0, 0.05) is 18.8 Å². The molecule has 0 spiro atoms. The number of halogens is 1. The zero-order valence-corrected chi connectivity index (χ0v) is 8.38. The molecule has 0 heterocycles. The average molecular weight is 204 g/mol. The fourth-order valence-electron chi connectivity index (χ4n) is 0.710. The van der Waals surface area contributed by atoms with E-state index in [9.17, 15) is 4.79 Å². The summed E-state index contributed by atoms with van der Waals surface area (Å²) in [4.78, 5) is 12.0. The molecule has 74 valence electrons. The zero-order valence-electron chi connectivity index (χ0n) is 7.56. The van der Waals surface area contributed by atoms with Gasteiger partial charge in [0.1, 0.15) is 0 Å².